The molecule has 0 amide bonds. The maximum atomic E-state index is 6.03. The third kappa shape index (κ3) is 1.96. The molecule has 0 radical (unpaired) electrons. The summed E-state index contributed by atoms with van der Waals surface area (Å²) in [6.07, 6.45) is 1.63. The van der Waals surface area contributed by atoms with Crippen LogP contribution in [0.4, 0.5) is 0 Å². The zero-order valence-corrected chi connectivity index (χ0v) is 10.1. The van der Waals surface area contributed by atoms with Crippen LogP contribution in [0.1, 0.15) is 5.69 Å². The molecule has 2 aromatic rings. The van der Waals surface area contributed by atoms with Gasteiger partial charge in [-0.2, -0.15) is 0 Å². The molecule has 3 nitrogen and oxygen atoms in total. The number of aliphatic imine (C=N–C) groups is 1. The molecule has 0 aliphatic rings. The molecule has 0 N–H and O–H groups in total. The lowest BCUT2D eigenvalue weighted by Crippen LogP contribution is -1.99. The number of hydrogen-bond acceptors (Lipinski definition) is 2. The predicted molar refractivity (Wildman–Crippen MR) is 67.1 cm³/mol. The van der Waals surface area contributed by atoms with Gasteiger partial charge < -0.3 is 0 Å². The van der Waals surface area contributed by atoms with E-state index < -0.39 is 0 Å². The highest BCUT2D eigenvalue weighted by atomic mass is 35.5. The third-order valence-corrected chi connectivity index (χ3v) is 2.62. The number of halogens is 2. The molecule has 16 heavy (non-hydrogen) atoms. The summed E-state index contributed by atoms with van der Waals surface area (Å²) < 4.78 is 1.75. The molecule has 0 fully saturated rings. The molecule has 0 bridgehead atoms. The smallest absolute Gasteiger partial charge is 0.209 e. The van der Waals surface area contributed by atoms with Crippen molar-refractivity contribution in [3.63, 3.8) is 0 Å². The van der Waals surface area contributed by atoms with E-state index in [4.69, 9.17) is 23.2 Å². The fourth-order valence-corrected chi connectivity index (χ4v) is 1.97. The van der Waals surface area contributed by atoms with E-state index in [1.807, 2.05) is 30.3 Å². The summed E-state index contributed by atoms with van der Waals surface area (Å²) >= 11 is 12.0. The Bertz CT molecular complexity index is 518. The summed E-state index contributed by atoms with van der Waals surface area (Å²) in [6.45, 7) is 0. The summed E-state index contributed by atoms with van der Waals surface area (Å²) in [7, 11) is 1.67. The molecule has 0 saturated heterocycles. The van der Waals surface area contributed by atoms with Crippen LogP contribution in [-0.4, -0.2) is 22.8 Å². The topological polar surface area (TPSA) is 30.2 Å². The molecule has 1 aromatic heterocycles. The molecular weight excluding hydrogens is 245 g/mol. The van der Waals surface area contributed by atoms with Gasteiger partial charge in [-0.05, 0) is 23.7 Å². The normalized spacial score (nSPS) is 11.2. The fraction of sp³-hybridized carbons (Fsp3) is 0.0909. The van der Waals surface area contributed by atoms with Gasteiger partial charge in [0.05, 0.1) is 0 Å². The zero-order valence-electron chi connectivity index (χ0n) is 8.56. The highest BCUT2D eigenvalue weighted by molar-refractivity contribution is 6.34. The SMILES string of the molecule is CN=Cc1c(Cl)nc(Cl)n1-c1ccccc1. The Morgan fingerprint density at radius 2 is 1.94 bits per heavy atom. The van der Waals surface area contributed by atoms with Crippen molar-refractivity contribution in [1.29, 1.82) is 0 Å². The Morgan fingerprint density at radius 1 is 1.25 bits per heavy atom. The van der Waals surface area contributed by atoms with Crippen molar-refractivity contribution in [1.82, 2.24) is 9.55 Å². The predicted octanol–water partition coefficient (Wildman–Crippen LogP) is 3.23. The molecule has 0 atom stereocenters. The monoisotopic (exact) mass is 253 g/mol. The van der Waals surface area contributed by atoms with Gasteiger partial charge >= 0.3 is 0 Å². The molecule has 0 aliphatic carbocycles. The minimum Gasteiger partial charge on any atom is -0.294 e. The van der Waals surface area contributed by atoms with Gasteiger partial charge in [0.2, 0.25) is 5.28 Å². The van der Waals surface area contributed by atoms with E-state index in [1.165, 1.54) is 0 Å². The van der Waals surface area contributed by atoms with Crippen LogP contribution in [0.3, 0.4) is 0 Å². The van der Waals surface area contributed by atoms with Gasteiger partial charge in [-0.25, -0.2) is 4.98 Å². The lowest BCUT2D eigenvalue weighted by Gasteiger charge is -2.05. The van der Waals surface area contributed by atoms with Crippen LogP contribution in [0.25, 0.3) is 5.69 Å². The highest BCUT2D eigenvalue weighted by Gasteiger charge is 2.13. The molecule has 1 heterocycles. The van der Waals surface area contributed by atoms with Crippen LogP contribution < -0.4 is 0 Å². The van der Waals surface area contributed by atoms with Crippen molar-refractivity contribution in [3.8, 4) is 5.69 Å². The van der Waals surface area contributed by atoms with Crippen LogP contribution in [0, 0.1) is 0 Å². The van der Waals surface area contributed by atoms with Crippen LogP contribution in [0.15, 0.2) is 35.3 Å². The molecule has 82 valence electrons. The van der Waals surface area contributed by atoms with Gasteiger partial charge in [-0.3, -0.25) is 9.56 Å². The fourth-order valence-electron chi connectivity index (χ4n) is 1.44. The summed E-state index contributed by atoms with van der Waals surface area (Å²) in [5.41, 5.74) is 1.59. The first-order valence-electron chi connectivity index (χ1n) is 4.65. The van der Waals surface area contributed by atoms with Gasteiger partial charge in [-0.1, -0.05) is 29.8 Å². The van der Waals surface area contributed by atoms with E-state index in [0.717, 1.165) is 5.69 Å². The van der Waals surface area contributed by atoms with Gasteiger partial charge in [0.15, 0.2) is 5.15 Å². The lowest BCUT2D eigenvalue weighted by atomic mass is 10.3. The second kappa shape index (κ2) is 4.68. The van der Waals surface area contributed by atoms with Crippen molar-refractivity contribution in [2.24, 2.45) is 4.99 Å². The molecule has 0 spiro atoms. The van der Waals surface area contributed by atoms with Crippen molar-refractivity contribution in [2.75, 3.05) is 7.05 Å². The van der Waals surface area contributed by atoms with Gasteiger partial charge in [-0.15, -0.1) is 0 Å². The number of nitrogens with zero attached hydrogens (tertiary/aromatic N) is 3. The molecule has 2 rings (SSSR count). The van der Waals surface area contributed by atoms with Crippen LogP contribution >= 0.6 is 23.2 Å². The zero-order chi connectivity index (χ0) is 11.5. The van der Waals surface area contributed by atoms with Crippen molar-refractivity contribution >= 4 is 29.4 Å². The summed E-state index contributed by atoms with van der Waals surface area (Å²) in [4.78, 5) is 7.95. The summed E-state index contributed by atoms with van der Waals surface area (Å²) in [5.74, 6) is 0. The molecule has 1 aromatic carbocycles. The van der Waals surface area contributed by atoms with Crippen molar-refractivity contribution in [3.05, 3.63) is 46.5 Å². The van der Waals surface area contributed by atoms with Crippen LogP contribution in [0.5, 0.6) is 0 Å². The Hall–Kier alpha value is -1.32. The Balaban J connectivity index is 2.64. The summed E-state index contributed by atoms with van der Waals surface area (Å²) in [6, 6.07) is 9.64. The van der Waals surface area contributed by atoms with Gasteiger partial charge in [0, 0.05) is 18.9 Å². The first kappa shape index (κ1) is 11.2. The lowest BCUT2D eigenvalue weighted by molar-refractivity contribution is 1.05. The van der Waals surface area contributed by atoms with E-state index in [1.54, 1.807) is 17.8 Å². The number of hydrogen-bond donors (Lipinski definition) is 0. The minimum atomic E-state index is 0.325. The van der Waals surface area contributed by atoms with E-state index in [0.29, 0.717) is 16.1 Å². The van der Waals surface area contributed by atoms with Crippen molar-refractivity contribution < 1.29 is 0 Å². The quantitative estimate of drug-likeness (QED) is 0.756. The van der Waals surface area contributed by atoms with E-state index >= 15 is 0 Å². The molecule has 0 unspecified atom stereocenters. The molecule has 0 saturated carbocycles. The second-order valence-corrected chi connectivity index (χ2v) is 3.81. The number of imidazole rings is 1. The number of para-hydroxylation sites is 1. The molecular formula is C11H9Cl2N3. The van der Waals surface area contributed by atoms with Crippen molar-refractivity contribution in [2.45, 2.75) is 0 Å². The van der Waals surface area contributed by atoms with Gasteiger partial charge in [0.1, 0.15) is 5.69 Å². The van der Waals surface area contributed by atoms with Gasteiger partial charge in [0.25, 0.3) is 0 Å². The first-order valence-corrected chi connectivity index (χ1v) is 5.41. The van der Waals surface area contributed by atoms with E-state index in [9.17, 15) is 0 Å². The maximum Gasteiger partial charge on any atom is 0.209 e. The second-order valence-electron chi connectivity index (χ2n) is 3.12. The standard InChI is InChI=1S/C11H9Cl2N3/c1-14-7-9-10(12)15-11(13)16(9)8-5-3-2-4-6-8/h2-7H,1H3. The molecule has 5 heteroatoms. The first-order chi connectivity index (χ1) is 7.74. The van der Waals surface area contributed by atoms with Crippen LogP contribution in [-0.2, 0) is 0 Å². The number of aromatic nitrogens is 2. The number of benzene rings is 1. The largest absolute Gasteiger partial charge is 0.294 e. The average molecular weight is 254 g/mol. The Morgan fingerprint density at radius 3 is 2.56 bits per heavy atom. The summed E-state index contributed by atoms with van der Waals surface area (Å²) in [5, 5.41) is 0.672. The highest BCUT2D eigenvalue weighted by Crippen LogP contribution is 2.23. The van der Waals surface area contributed by atoms with Crippen LogP contribution in [0.2, 0.25) is 10.4 Å². The maximum absolute atomic E-state index is 6.03. The minimum absolute atomic E-state index is 0.325. The Labute approximate surface area is 103 Å². The Kier molecular flexibility index (Phi) is 3.27. The van der Waals surface area contributed by atoms with E-state index in [2.05, 4.69) is 9.98 Å². The third-order valence-electron chi connectivity index (χ3n) is 2.09. The molecule has 0 aliphatic heterocycles. The average Bonchev–Trinajstić information content (AvgIpc) is 2.56. The number of rotatable bonds is 2. The van der Waals surface area contributed by atoms with E-state index in [-0.39, 0.29) is 0 Å².